The molecule has 4 atom stereocenters. The summed E-state index contributed by atoms with van der Waals surface area (Å²) in [4.78, 5) is 18.4. The van der Waals surface area contributed by atoms with Crippen molar-refractivity contribution in [2.45, 2.75) is 24.2 Å². The molecule has 4 N–H and O–H groups in total. The van der Waals surface area contributed by atoms with E-state index in [-0.39, 0.29) is 6.61 Å². The predicted octanol–water partition coefficient (Wildman–Crippen LogP) is -0.310. The lowest BCUT2D eigenvalue weighted by Crippen LogP contribution is -2.55. The van der Waals surface area contributed by atoms with Gasteiger partial charge >= 0.3 is 7.60 Å². The number of para-hydroxylation sites is 1. The highest BCUT2D eigenvalue weighted by atomic mass is 31.2. The fourth-order valence-corrected chi connectivity index (χ4v) is 2.75. The summed E-state index contributed by atoms with van der Waals surface area (Å²) in [7, 11) is -4.62. The maximum absolute atomic E-state index is 11.3. The van der Waals surface area contributed by atoms with Crippen LogP contribution in [0.1, 0.15) is 0 Å². The van der Waals surface area contributed by atoms with E-state index in [1.54, 1.807) is 30.3 Å². The van der Waals surface area contributed by atoms with Crippen molar-refractivity contribution in [1.29, 1.82) is 0 Å². The molecule has 0 radical (unpaired) electrons. The van der Waals surface area contributed by atoms with Gasteiger partial charge in [-0.05, 0) is 12.1 Å². The number of ether oxygens (including phenoxy) is 2. The summed E-state index contributed by atoms with van der Waals surface area (Å²) in [6.45, 7) is -0.356. The van der Waals surface area contributed by atoms with E-state index in [2.05, 4.69) is 0 Å². The Morgan fingerprint density at radius 3 is 2.42 bits per heavy atom. The molecule has 19 heavy (non-hydrogen) atoms. The molecule has 0 amide bonds. The Kier molecular flexibility index (Phi) is 4.25. The van der Waals surface area contributed by atoms with Crippen LogP contribution in [-0.4, -0.2) is 50.8 Å². The third kappa shape index (κ3) is 3.33. The highest BCUT2D eigenvalue weighted by Gasteiger charge is 2.48. The van der Waals surface area contributed by atoms with Crippen LogP contribution >= 0.6 is 7.60 Å². The molecule has 106 valence electrons. The Bertz CT molecular complexity index is 459. The molecule has 0 aromatic heterocycles. The fraction of sp³-hybridized carbons (Fsp3) is 0.455. The molecule has 7 nitrogen and oxygen atoms in total. The topological polar surface area (TPSA) is 116 Å². The minimum absolute atomic E-state index is 0.322. The molecule has 1 saturated heterocycles. The summed E-state index contributed by atoms with van der Waals surface area (Å²) in [5.74, 6) is -1.28. The van der Waals surface area contributed by atoms with E-state index in [0.29, 0.717) is 5.75 Å². The minimum Gasteiger partial charge on any atom is -0.484 e. The van der Waals surface area contributed by atoms with Crippen molar-refractivity contribution in [3.05, 3.63) is 30.3 Å². The Hall–Kier alpha value is -0.950. The molecule has 0 bridgehead atoms. The Labute approximate surface area is 109 Å². The van der Waals surface area contributed by atoms with E-state index in [9.17, 15) is 24.6 Å². The minimum atomic E-state index is -4.62. The molecule has 1 fully saturated rings. The highest BCUT2D eigenvalue weighted by Crippen LogP contribution is 2.46. The van der Waals surface area contributed by atoms with Gasteiger partial charge in [-0.25, -0.2) is 0 Å². The normalized spacial score (nSPS) is 32.0. The molecule has 1 aliphatic heterocycles. The molecule has 1 unspecified atom stereocenters. The molecular formula is C11H15O7P. The number of benzene rings is 1. The smallest absolute Gasteiger partial charge is 0.358 e. The second kappa shape index (κ2) is 5.58. The summed E-state index contributed by atoms with van der Waals surface area (Å²) < 4.78 is 21.6. The standard InChI is InChI=1S/C11H15O7P/c12-8-6-17-11(19(14,15)16)10(9(8)13)18-7-4-2-1-3-5-7/h1-5,8-13H,6H2,(H2,14,15,16)/t8-,9+,10-,11?/m1/s1. The largest absolute Gasteiger partial charge is 0.484 e. The van der Waals surface area contributed by atoms with Gasteiger partial charge in [0, 0.05) is 0 Å². The van der Waals surface area contributed by atoms with Gasteiger partial charge < -0.3 is 29.5 Å². The summed E-state index contributed by atoms with van der Waals surface area (Å²) >= 11 is 0. The number of hydrogen-bond donors (Lipinski definition) is 4. The van der Waals surface area contributed by atoms with Gasteiger partial charge in [-0.15, -0.1) is 0 Å². The van der Waals surface area contributed by atoms with Crippen LogP contribution < -0.4 is 4.74 Å². The number of aliphatic hydroxyl groups excluding tert-OH is 2. The van der Waals surface area contributed by atoms with Crippen LogP contribution in [0.4, 0.5) is 0 Å². The van der Waals surface area contributed by atoms with Gasteiger partial charge in [0.15, 0.2) is 11.9 Å². The van der Waals surface area contributed by atoms with Gasteiger partial charge in [-0.3, -0.25) is 4.57 Å². The maximum Gasteiger partial charge on any atom is 0.358 e. The van der Waals surface area contributed by atoms with Gasteiger partial charge in [-0.2, -0.15) is 0 Å². The lowest BCUT2D eigenvalue weighted by Gasteiger charge is -2.38. The molecule has 1 aliphatic rings. The van der Waals surface area contributed by atoms with Crippen molar-refractivity contribution in [3.63, 3.8) is 0 Å². The first kappa shape index (κ1) is 14.5. The lowest BCUT2D eigenvalue weighted by molar-refractivity contribution is -0.160. The van der Waals surface area contributed by atoms with E-state index >= 15 is 0 Å². The molecule has 1 aromatic rings. The van der Waals surface area contributed by atoms with Crippen LogP contribution in [0, 0.1) is 0 Å². The van der Waals surface area contributed by atoms with Crippen molar-refractivity contribution in [2.75, 3.05) is 6.61 Å². The average molecular weight is 290 g/mol. The molecule has 1 aromatic carbocycles. The second-order valence-corrected chi connectivity index (χ2v) is 5.95. The van der Waals surface area contributed by atoms with Crippen LogP contribution in [0.3, 0.4) is 0 Å². The van der Waals surface area contributed by atoms with Gasteiger partial charge in [-0.1, -0.05) is 18.2 Å². The van der Waals surface area contributed by atoms with Crippen molar-refractivity contribution in [1.82, 2.24) is 0 Å². The molecule has 0 aliphatic carbocycles. The number of hydrogen-bond acceptors (Lipinski definition) is 5. The monoisotopic (exact) mass is 290 g/mol. The van der Waals surface area contributed by atoms with Gasteiger partial charge in [0.2, 0.25) is 0 Å². The van der Waals surface area contributed by atoms with Crippen LogP contribution in [0.5, 0.6) is 5.75 Å². The molecule has 1 heterocycles. The Morgan fingerprint density at radius 1 is 1.21 bits per heavy atom. The highest BCUT2D eigenvalue weighted by molar-refractivity contribution is 7.52. The van der Waals surface area contributed by atoms with Crippen LogP contribution in [0.2, 0.25) is 0 Å². The first-order valence-electron chi connectivity index (χ1n) is 5.64. The van der Waals surface area contributed by atoms with Crippen molar-refractivity contribution < 1.29 is 34.0 Å². The molecule has 8 heteroatoms. The quantitative estimate of drug-likeness (QED) is 0.564. The van der Waals surface area contributed by atoms with E-state index in [4.69, 9.17) is 9.47 Å². The third-order valence-corrected chi connectivity index (χ3v) is 3.90. The second-order valence-electron chi connectivity index (χ2n) is 4.27. The predicted molar refractivity (Wildman–Crippen MR) is 64.7 cm³/mol. The van der Waals surface area contributed by atoms with Crippen LogP contribution in [0.15, 0.2) is 30.3 Å². The molecule has 2 rings (SSSR count). The SMILES string of the molecule is O=P(O)(O)C1OC[C@@H](O)[C@H](O)[C@H]1Oc1ccccc1. The van der Waals surface area contributed by atoms with Crippen molar-refractivity contribution in [3.8, 4) is 5.75 Å². The summed E-state index contributed by atoms with van der Waals surface area (Å²) in [5.41, 5.74) is 0. The summed E-state index contributed by atoms with van der Waals surface area (Å²) in [5, 5.41) is 19.3. The van der Waals surface area contributed by atoms with Gasteiger partial charge in [0.1, 0.15) is 18.0 Å². The van der Waals surface area contributed by atoms with Gasteiger partial charge in [0.25, 0.3) is 0 Å². The van der Waals surface area contributed by atoms with Crippen molar-refractivity contribution >= 4 is 7.60 Å². The van der Waals surface area contributed by atoms with Crippen molar-refractivity contribution in [2.24, 2.45) is 0 Å². The van der Waals surface area contributed by atoms with E-state index in [0.717, 1.165) is 0 Å². The summed E-state index contributed by atoms with van der Waals surface area (Å²) in [6.07, 6.45) is -4.03. The first-order valence-corrected chi connectivity index (χ1v) is 7.32. The van der Waals surface area contributed by atoms with Crippen LogP contribution in [0.25, 0.3) is 0 Å². The van der Waals surface area contributed by atoms with E-state index < -0.39 is 31.8 Å². The zero-order chi connectivity index (χ0) is 14.0. The third-order valence-electron chi connectivity index (χ3n) is 2.80. The summed E-state index contributed by atoms with van der Waals surface area (Å²) in [6, 6.07) is 8.24. The first-order chi connectivity index (χ1) is 8.89. The zero-order valence-corrected chi connectivity index (χ0v) is 10.8. The zero-order valence-electron chi connectivity index (χ0n) is 9.86. The lowest BCUT2D eigenvalue weighted by atomic mass is 10.1. The molecule has 0 saturated carbocycles. The number of rotatable bonds is 3. The van der Waals surface area contributed by atoms with Gasteiger partial charge in [0.05, 0.1) is 6.61 Å². The molecule has 0 spiro atoms. The Morgan fingerprint density at radius 2 is 1.84 bits per heavy atom. The maximum atomic E-state index is 11.3. The fourth-order valence-electron chi connectivity index (χ4n) is 1.85. The van der Waals surface area contributed by atoms with E-state index in [1.165, 1.54) is 0 Å². The van der Waals surface area contributed by atoms with E-state index in [1.807, 2.05) is 0 Å². The molecular weight excluding hydrogens is 275 g/mol. The average Bonchev–Trinajstić information content (AvgIpc) is 2.35. The van der Waals surface area contributed by atoms with Crippen LogP contribution in [-0.2, 0) is 9.30 Å². The number of aliphatic hydroxyl groups is 2. The Balaban J connectivity index is 2.23.